The largest absolute Gasteiger partial charge is 0.378 e. The van der Waals surface area contributed by atoms with E-state index in [9.17, 15) is 4.79 Å². The van der Waals surface area contributed by atoms with E-state index in [4.69, 9.17) is 10.8 Å². The minimum atomic E-state index is -0.502. The standard InChI is InChI=1S/C25H31N5O/c1-28(2)20-12-8-17(9-13-20)16-19-6-5-7-22-23(19)27-30(25(26)31)24(22)18-10-14-21(15-11-18)29(3)4/h8-16,22,24H,5-7H2,1-4H3,(H2,26,31). The first-order valence-corrected chi connectivity index (χ1v) is 10.8. The number of primary amides is 1. The predicted molar refractivity (Wildman–Crippen MR) is 128 cm³/mol. The van der Waals surface area contributed by atoms with E-state index in [1.54, 1.807) is 0 Å². The van der Waals surface area contributed by atoms with Crippen LogP contribution >= 0.6 is 0 Å². The molecular formula is C25H31N5O. The average molecular weight is 418 g/mol. The van der Waals surface area contributed by atoms with Crippen molar-refractivity contribution in [3.05, 3.63) is 65.2 Å². The molecule has 6 nitrogen and oxygen atoms in total. The molecule has 1 saturated carbocycles. The van der Waals surface area contributed by atoms with Gasteiger partial charge in [-0.1, -0.05) is 24.3 Å². The summed E-state index contributed by atoms with van der Waals surface area (Å²) in [7, 11) is 8.11. The third kappa shape index (κ3) is 4.15. The number of carbonyl (C=O) groups is 1. The molecule has 1 heterocycles. The van der Waals surface area contributed by atoms with Gasteiger partial charge in [-0.15, -0.1) is 0 Å². The topological polar surface area (TPSA) is 65.2 Å². The number of nitrogens with zero attached hydrogens (tertiary/aromatic N) is 4. The van der Waals surface area contributed by atoms with E-state index >= 15 is 0 Å². The Labute approximate surface area is 184 Å². The first-order chi connectivity index (χ1) is 14.8. The minimum absolute atomic E-state index is 0.150. The van der Waals surface area contributed by atoms with E-state index in [0.717, 1.165) is 41.8 Å². The first kappa shape index (κ1) is 21.0. The zero-order chi connectivity index (χ0) is 22.1. The lowest BCUT2D eigenvalue weighted by Gasteiger charge is -2.29. The SMILES string of the molecule is CN(C)c1ccc(C=C2CCCC3C2=NN(C(N)=O)C3c2ccc(N(C)C)cc2)cc1. The van der Waals surface area contributed by atoms with Gasteiger partial charge >= 0.3 is 6.03 Å². The smallest absolute Gasteiger partial charge is 0.335 e. The van der Waals surface area contributed by atoms with E-state index in [0.29, 0.717) is 0 Å². The Morgan fingerprint density at radius 3 is 2.13 bits per heavy atom. The molecule has 0 saturated heterocycles. The molecule has 0 radical (unpaired) electrons. The van der Waals surface area contributed by atoms with E-state index in [2.05, 4.69) is 64.4 Å². The number of urea groups is 1. The summed E-state index contributed by atoms with van der Waals surface area (Å²) in [5.74, 6) is 0.166. The van der Waals surface area contributed by atoms with Crippen molar-refractivity contribution in [2.24, 2.45) is 16.8 Å². The highest BCUT2D eigenvalue weighted by atomic mass is 16.2. The van der Waals surface area contributed by atoms with Crippen LogP contribution in [0.2, 0.25) is 0 Å². The average Bonchev–Trinajstić information content (AvgIpc) is 3.15. The fourth-order valence-corrected chi connectivity index (χ4v) is 4.56. The molecule has 1 fully saturated rings. The third-order valence-corrected chi connectivity index (χ3v) is 6.23. The number of hydrazone groups is 1. The van der Waals surface area contributed by atoms with E-state index in [-0.39, 0.29) is 12.0 Å². The zero-order valence-electron chi connectivity index (χ0n) is 18.7. The Kier molecular flexibility index (Phi) is 5.72. The van der Waals surface area contributed by atoms with Crippen LogP contribution in [-0.2, 0) is 0 Å². The molecule has 31 heavy (non-hydrogen) atoms. The van der Waals surface area contributed by atoms with Crippen LogP contribution in [-0.4, -0.2) is 44.9 Å². The van der Waals surface area contributed by atoms with Gasteiger partial charge in [0.25, 0.3) is 0 Å². The zero-order valence-corrected chi connectivity index (χ0v) is 18.7. The number of allylic oxidation sites excluding steroid dienone is 1. The Balaban J connectivity index is 1.66. The molecular weight excluding hydrogens is 386 g/mol. The van der Waals surface area contributed by atoms with E-state index < -0.39 is 6.03 Å². The Morgan fingerprint density at radius 2 is 1.58 bits per heavy atom. The lowest BCUT2D eigenvalue weighted by atomic mass is 9.77. The molecule has 0 spiro atoms. The normalized spacial score (nSPS) is 21.6. The predicted octanol–water partition coefficient (Wildman–Crippen LogP) is 4.49. The number of amides is 2. The molecule has 4 rings (SSSR count). The van der Waals surface area contributed by atoms with Crippen molar-refractivity contribution in [3.8, 4) is 0 Å². The highest BCUT2D eigenvalue weighted by molar-refractivity contribution is 6.08. The van der Waals surface area contributed by atoms with Crippen LogP contribution in [0.5, 0.6) is 0 Å². The molecule has 1 aliphatic heterocycles. The molecule has 2 aromatic rings. The summed E-state index contributed by atoms with van der Waals surface area (Å²) in [5, 5.41) is 6.22. The Morgan fingerprint density at radius 1 is 1.00 bits per heavy atom. The van der Waals surface area contributed by atoms with Crippen molar-refractivity contribution < 1.29 is 4.79 Å². The fourth-order valence-electron chi connectivity index (χ4n) is 4.56. The Hall–Kier alpha value is -3.28. The molecule has 2 aliphatic rings. The Bertz CT molecular complexity index is 1010. The molecule has 0 bridgehead atoms. The summed E-state index contributed by atoms with van der Waals surface area (Å²) in [6.45, 7) is 0. The van der Waals surface area contributed by atoms with Gasteiger partial charge in [-0.2, -0.15) is 5.10 Å². The number of hydrogen-bond donors (Lipinski definition) is 1. The van der Waals surface area contributed by atoms with Crippen LogP contribution < -0.4 is 15.5 Å². The van der Waals surface area contributed by atoms with Gasteiger partial charge in [-0.3, -0.25) is 0 Å². The quantitative estimate of drug-likeness (QED) is 0.797. The van der Waals surface area contributed by atoms with Gasteiger partial charge < -0.3 is 15.5 Å². The minimum Gasteiger partial charge on any atom is -0.378 e. The second-order valence-corrected chi connectivity index (χ2v) is 8.75. The highest BCUT2D eigenvalue weighted by Gasteiger charge is 2.43. The summed E-state index contributed by atoms with van der Waals surface area (Å²) < 4.78 is 0. The van der Waals surface area contributed by atoms with Gasteiger partial charge in [0.1, 0.15) is 0 Å². The van der Waals surface area contributed by atoms with Crippen molar-refractivity contribution in [2.45, 2.75) is 25.3 Å². The van der Waals surface area contributed by atoms with Crippen LogP contribution in [0.3, 0.4) is 0 Å². The number of carbonyl (C=O) groups excluding carboxylic acids is 1. The molecule has 2 unspecified atom stereocenters. The molecule has 162 valence electrons. The second-order valence-electron chi connectivity index (χ2n) is 8.75. The van der Waals surface area contributed by atoms with Gasteiger partial charge in [0.2, 0.25) is 0 Å². The molecule has 2 N–H and O–H groups in total. The summed E-state index contributed by atoms with van der Waals surface area (Å²) in [6.07, 6.45) is 5.24. The van der Waals surface area contributed by atoms with Gasteiger partial charge in [0.05, 0.1) is 11.8 Å². The van der Waals surface area contributed by atoms with Crippen LogP contribution in [0.15, 0.2) is 59.2 Å². The van der Waals surface area contributed by atoms with Crippen LogP contribution in [0.1, 0.15) is 36.4 Å². The van der Waals surface area contributed by atoms with Crippen LogP contribution in [0, 0.1) is 5.92 Å². The fraction of sp³-hybridized carbons (Fsp3) is 0.360. The van der Waals surface area contributed by atoms with Gasteiger partial charge in [-0.05, 0) is 66.3 Å². The molecule has 2 aromatic carbocycles. The maximum Gasteiger partial charge on any atom is 0.335 e. The monoisotopic (exact) mass is 417 g/mol. The number of nitrogens with two attached hydrogens (primary N) is 1. The molecule has 1 aliphatic carbocycles. The van der Waals surface area contributed by atoms with Gasteiger partial charge in [0.15, 0.2) is 0 Å². The van der Waals surface area contributed by atoms with Crippen molar-refractivity contribution in [2.75, 3.05) is 38.0 Å². The molecule has 2 atom stereocenters. The van der Waals surface area contributed by atoms with Crippen molar-refractivity contribution in [1.29, 1.82) is 0 Å². The van der Waals surface area contributed by atoms with Gasteiger partial charge in [0, 0.05) is 45.5 Å². The van der Waals surface area contributed by atoms with Crippen LogP contribution in [0.25, 0.3) is 6.08 Å². The second kappa shape index (κ2) is 8.46. The lowest BCUT2D eigenvalue weighted by Crippen LogP contribution is -2.35. The van der Waals surface area contributed by atoms with Gasteiger partial charge in [-0.25, -0.2) is 9.80 Å². The van der Waals surface area contributed by atoms with Crippen molar-refractivity contribution in [1.82, 2.24) is 5.01 Å². The number of fused-ring (bicyclic) bond motifs is 1. The van der Waals surface area contributed by atoms with E-state index in [1.807, 2.05) is 28.2 Å². The molecule has 2 amide bonds. The summed E-state index contributed by atoms with van der Waals surface area (Å²) in [6, 6.07) is 16.2. The van der Waals surface area contributed by atoms with Crippen LogP contribution in [0.4, 0.5) is 16.2 Å². The van der Waals surface area contributed by atoms with Crippen molar-refractivity contribution >= 4 is 29.2 Å². The summed E-state index contributed by atoms with van der Waals surface area (Å²) in [5.41, 5.74) is 12.5. The highest BCUT2D eigenvalue weighted by Crippen LogP contribution is 2.44. The maximum atomic E-state index is 12.3. The summed E-state index contributed by atoms with van der Waals surface area (Å²) >= 11 is 0. The molecule has 0 aromatic heterocycles. The maximum absolute atomic E-state index is 12.3. The summed E-state index contributed by atoms with van der Waals surface area (Å²) in [4.78, 5) is 16.4. The third-order valence-electron chi connectivity index (χ3n) is 6.23. The number of anilines is 2. The number of benzene rings is 2. The van der Waals surface area contributed by atoms with E-state index in [1.165, 1.54) is 16.3 Å². The first-order valence-electron chi connectivity index (χ1n) is 10.8. The molecule has 6 heteroatoms. The number of rotatable bonds is 4. The lowest BCUT2D eigenvalue weighted by molar-refractivity contribution is 0.184. The number of hydrogen-bond acceptors (Lipinski definition) is 4. The van der Waals surface area contributed by atoms with Crippen molar-refractivity contribution in [3.63, 3.8) is 0 Å².